The van der Waals surface area contributed by atoms with E-state index in [1.807, 2.05) is 0 Å². The number of carbonyl (C=O) groups excluding carboxylic acids is 1. The molecule has 30 heavy (non-hydrogen) atoms. The van der Waals surface area contributed by atoms with E-state index in [1.54, 1.807) is 48.5 Å². The van der Waals surface area contributed by atoms with E-state index in [1.165, 1.54) is 20.4 Å². The topological polar surface area (TPSA) is 82.9 Å². The van der Waals surface area contributed by atoms with Gasteiger partial charge in [-0.2, -0.15) is 9.97 Å². The molecule has 0 N–H and O–H groups in total. The second kappa shape index (κ2) is 10.3. The van der Waals surface area contributed by atoms with Crippen molar-refractivity contribution in [3.05, 3.63) is 69.7 Å². The smallest absolute Gasteiger partial charge is 0.368 e. The van der Waals surface area contributed by atoms with Gasteiger partial charge in [0.2, 0.25) is 11.8 Å². The van der Waals surface area contributed by atoms with Crippen molar-refractivity contribution in [2.24, 2.45) is 5.16 Å². The van der Waals surface area contributed by atoms with Gasteiger partial charge in [0.25, 0.3) is 0 Å². The predicted molar refractivity (Wildman–Crippen MR) is 115 cm³/mol. The minimum Gasteiger partial charge on any atom is -0.481 e. The van der Waals surface area contributed by atoms with Crippen molar-refractivity contribution >= 4 is 47.1 Å². The van der Waals surface area contributed by atoms with Gasteiger partial charge in [0.1, 0.15) is 0 Å². The summed E-state index contributed by atoms with van der Waals surface area (Å²) in [6.45, 7) is 0. The number of hydrogen-bond donors (Lipinski definition) is 0. The molecule has 0 spiro atoms. The first-order valence-electron chi connectivity index (χ1n) is 8.44. The summed E-state index contributed by atoms with van der Waals surface area (Å²) < 4.78 is 10.3. The number of halogens is 2. The summed E-state index contributed by atoms with van der Waals surface area (Å²) in [5, 5.41) is 4.72. The summed E-state index contributed by atoms with van der Waals surface area (Å²) in [7, 11) is 2.96. The molecule has 0 aliphatic heterocycles. The number of carbonyl (C=O) groups is 1. The van der Waals surface area contributed by atoms with Crippen LogP contribution in [0.25, 0.3) is 0 Å². The maximum absolute atomic E-state index is 12.6. The highest BCUT2D eigenvalue weighted by atomic mass is 35.5. The molecule has 0 saturated heterocycles. The van der Waals surface area contributed by atoms with Crippen LogP contribution in [-0.4, -0.2) is 36.4 Å². The first-order chi connectivity index (χ1) is 14.5. The number of ether oxygens (including phenoxy) is 2. The van der Waals surface area contributed by atoms with E-state index in [-0.39, 0.29) is 10.6 Å². The lowest BCUT2D eigenvalue weighted by Crippen LogP contribution is -2.05. The van der Waals surface area contributed by atoms with Crippen LogP contribution in [0.4, 0.5) is 0 Å². The first-order valence-corrected chi connectivity index (χ1v) is 10.0. The van der Waals surface area contributed by atoms with Gasteiger partial charge in [-0.05, 0) is 30.0 Å². The Labute approximate surface area is 187 Å². The Kier molecular flexibility index (Phi) is 7.51. The van der Waals surface area contributed by atoms with Gasteiger partial charge in [0.15, 0.2) is 5.16 Å². The molecule has 1 heterocycles. The second-order valence-electron chi connectivity index (χ2n) is 5.59. The summed E-state index contributed by atoms with van der Waals surface area (Å²) in [6.07, 6.45) is 1.35. The molecular weight excluding hydrogens is 449 g/mol. The van der Waals surface area contributed by atoms with Gasteiger partial charge >= 0.3 is 5.97 Å². The number of oxime groups is 1. The highest BCUT2D eigenvalue weighted by Gasteiger charge is 2.20. The largest absolute Gasteiger partial charge is 0.481 e. The number of rotatable bonds is 7. The Bertz CT molecular complexity index is 1070. The summed E-state index contributed by atoms with van der Waals surface area (Å²) >= 11 is 13.4. The zero-order valence-corrected chi connectivity index (χ0v) is 18.2. The van der Waals surface area contributed by atoms with E-state index >= 15 is 0 Å². The molecule has 0 saturated carbocycles. The highest BCUT2D eigenvalue weighted by molar-refractivity contribution is 7.99. The molecule has 0 aliphatic carbocycles. The van der Waals surface area contributed by atoms with Crippen LogP contribution in [0.3, 0.4) is 0 Å². The molecule has 0 aliphatic rings. The molecule has 0 fully saturated rings. The average Bonchev–Trinajstić information content (AvgIpc) is 2.74. The van der Waals surface area contributed by atoms with Crippen molar-refractivity contribution in [3.63, 3.8) is 0 Å². The molecule has 3 aromatic rings. The van der Waals surface area contributed by atoms with Crippen LogP contribution in [-0.2, 0) is 4.84 Å². The van der Waals surface area contributed by atoms with Crippen LogP contribution in [0.1, 0.15) is 15.9 Å². The number of methoxy groups -OCH3 is 2. The molecule has 0 bridgehead atoms. The van der Waals surface area contributed by atoms with Gasteiger partial charge in [-0.15, -0.1) is 0 Å². The predicted octanol–water partition coefficient (Wildman–Crippen LogP) is 5.14. The minimum atomic E-state index is -0.735. The van der Waals surface area contributed by atoms with E-state index in [0.717, 1.165) is 11.8 Å². The summed E-state index contributed by atoms with van der Waals surface area (Å²) in [5.74, 6) is -0.0963. The molecule has 3 rings (SSSR count). The number of nitrogens with zero attached hydrogens (tertiary/aromatic N) is 3. The van der Waals surface area contributed by atoms with Crippen molar-refractivity contribution in [2.75, 3.05) is 14.2 Å². The van der Waals surface area contributed by atoms with Crippen LogP contribution < -0.4 is 9.47 Å². The third-order valence-electron chi connectivity index (χ3n) is 3.69. The Hall–Kier alpha value is -2.81. The van der Waals surface area contributed by atoms with Crippen LogP contribution in [0, 0.1) is 0 Å². The third-order valence-corrected chi connectivity index (χ3v) is 5.27. The number of hydrogen-bond acceptors (Lipinski definition) is 8. The third kappa shape index (κ3) is 5.41. The van der Waals surface area contributed by atoms with Crippen LogP contribution in [0.15, 0.2) is 63.7 Å². The molecule has 154 valence electrons. The van der Waals surface area contributed by atoms with Gasteiger partial charge < -0.3 is 14.3 Å². The zero-order chi connectivity index (χ0) is 21.5. The van der Waals surface area contributed by atoms with Crippen molar-refractivity contribution in [1.82, 2.24) is 9.97 Å². The SMILES string of the molecule is COc1cc(OC)nc(Sc2cccc(Cl)c2C(=O)O/N=C/c2ccccc2Cl)n1. The van der Waals surface area contributed by atoms with Crippen molar-refractivity contribution < 1.29 is 19.1 Å². The maximum atomic E-state index is 12.6. The van der Waals surface area contributed by atoms with E-state index in [4.69, 9.17) is 37.5 Å². The summed E-state index contributed by atoms with van der Waals surface area (Å²) in [5.41, 5.74) is 0.739. The second-order valence-corrected chi connectivity index (χ2v) is 7.41. The molecule has 0 amide bonds. The van der Waals surface area contributed by atoms with Crippen LogP contribution in [0.5, 0.6) is 11.8 Å². The van der Waals surface area contributed by atoms with E-state index in [9.17, 15) is 4.79 Å². The Morgan fingerprint density at radius 1 is 1.00 bits per heavy atom. The zero-order valence-electron chi connectivity index (χ0n) is 15.8. The van der Waals surface area contributed by atoms with Gasteiger partial charge in [0, 0.05) is 15.5 Å². The Balaban J connectivity index is 1.84. The van der Waals surface area contributed by atoms with Gasteiger partial charge in [-0.1, -0.05) is 52.6 Å². The van der Waals surface area contributed by atoms with Crippen molar-refractivity contribution in [3.8, 4) is 11.8 Å². The number of aromatic nitrogens is 2. The fourth-order valence-corrected chi connectivity index (χ4v) is 3.68. The molecule has 0 atom stereocenters. The number of benzene rings is 2. The van der Waals surface area contributed by atoms with E-state index in [2.05, 4.69) is 15.1 Å². The standard InChI is InChI=1S/C20H15Cl2N3O4S/c1-27-16-10-17(28-2)25-20(24-16)30-15-9-5-8-14(22)18(15)19(26)29-23-11-12-6-3-4-7-13(12)21/h3-11H,1-2H3/b23-11+. The van der Waals surface area contributed by atoms with Gasteiger partial charge in [0.05, 0.1) is 37.1 Å². The molecule has 10 heteroatoms. The lowest BCUT2D eigenvalue weighted by molar-refractivity contribution is 0.0515. The van der Waals surface area contributed by atoms with E-state index in [0.29, 0.717) is 32.4 Å². The summed E-state index contributed by atoms with van der Waals surface area (Å²) in [4.78, 5) is 26.6. The van der Waals surface area contributed by atoms with Gasteiger partial charge in [-0.25, -0.2) is 4.79 Å². The average molecular weight is 464 g/mol. The summed E-state index contributed by atoms with van der Waals surface area (Å²) in [6, 6.07) is 13.5. The first kappa shape index (κ1) is 21.9. The normalized spacial score (nSPS) is 10.8. The lowest BCUT2D eigenvalue weighted by atomic mass is 10.2. The molecule has 1 aromatic heterocycles. The fraction of sp³-hybridized carbons (Fsp3) is 0.100. The molecule has 7 nitrogen and oxygen atoms in total. The van der Waals surface area contributed by atoms with E-state index < -0.39 is 5.97 Å². The lowest BCUT2D eigenvalue weighted by Gasteiger charge is -2.09. The highest BCUT2D eigenvalue weighted by Crippen LogP contribution is 2.34. The minimum absolute atomic E-state index is 0.130. The van der Waals surface area contributed by atoms with Crippen LogP contribution >= 0.6 is 35.0 Å². The Morgan fingerprint density at radius 3 is 2.33 bits per heavy atom. The van der Waals surface area contributed by atoms with Gasteiger partial charge in [-0.3, -0.25) is 0 Å². The Morgan fingerprint density at radius 2 is 1.67 bits per heavy atom. The molecule has 2 aromatic carbocycles. The fourth-order valence-electron chi connectivity index (χ4n) is 2.28. The quantitative estimate of drug-likeness (QED) is 0.207. The molecular formula is C20H15Cl2N3O4S. The molecule has 0 radical (unpaired) electrons. The van der Waals surface area contributed by atoms with Crippen molar-refractivity contribution in [1.29, 1.82) is 0 Å². The monoisotopic (exact) mass is 463 g/mol. The molecule has 0 unspecified atom stereocenters. The van der Waals surface area contributed by atoms with Crippen molar-refractivity contribution in [2.45, 2.75) is 10.1 Å². The van der Waals surface area contributed by atoms with Crippen LogP contribution in [0.2, 0.25) is 10.0 Å². The maximum Gasteiger partial charge on any atom is 0.368 e.